The van der Waals surface area contributed by atoms with Gasteiger partial charge in [-0.1, -0.05) is 31.0 Å². The molecule has 6 heteroatoms. The smallest absolute Gasteiger partial charge is 0.311 e. The van der Waals surface area contributed by atoms with Crippen molar-refractivity contribution in [2.45, 2.75) is 37.5 Å². The molecular formula is C16H19NO4S. The molecule has 0 radical (unpaired) electrons. The summed E-state index contributed by atoms with van der Waals surface area (Å²) in [6.45, 7) is 3.78. The maximum atomic E-state index is 12.5. The topological polar surface area (TPSA) is 76.4 Å². The molecule has 2 rings (SSSR count). The molecule has 2 aromatic rings. The lowest BCUT2D eigenvalue weighted by Crippen LogP contribution is -2.13. The van der Waals surface area contributed by atoms with E-state index in [-0.39, 0.29) is 4.90 Å². The Kier molecular flexibility index (Phi) is 4.71. The van der Waals surface area contributed by atoms with Crippen LogP contribution in [0.15, 0.2) is 47.6 Å². The van der Waals surface area contributed by atoms with Crippen LogP contribution in [0.5, 0.6) is 0 Å². The fourth-order valence-corrected chi connectivity index (χ4v) is 3.51. The molecule has 1 aromatic carbocycles. The quantitative estimate of drug-likeness (QED) is 0.887. The van der Waals surface area contributed by atoms with Gasteiger partial charge in [-0.05, 0) is 37.1 Å². The molecule has 0 aliphatic rings. The highest BCUT2D eigenvalue weighted by atomic mass is 32.2. The van der Waals surface area contributed by atoms with Crippen molar-refractivity contribution in [1.82, 2.24) is 3.97 Å². The molecule has 1 unspecified atom stereocenters. The zero-order chi connectivity index (χ0) is 16.3. The third kappa shape index (κ3) is 3.22. The molecule has 0 amide bonds. The SMILES string of the molecule is CCCC(C(=O)O)c1ccn(S(=O)(=O)c2ccc(C)cc2)c1. The fourth-order valence-electron chi connectivity index (χ4n) is 2.30. The number of carboxylic acid groups (broad SMARTS) is 1. The number of carbonyl (C=O) groups is 1. The average molecular weight is 321 g/mol. The van der Waals surface area contributed by atoms with Crippen molar-refractivity contribution in [3.8, 4) is 0 Å². The highest BCUT2D eigenvalue weighted by molar-refractivity contribution is 7.90. The Labute approximate surface area is 130 Å². The van der Waals surface area contributed by atoms with E-state index in [1.807, 2.05) is 13.8 Å². The summed E-state index contributed by atoms with van der Waals surface area (Å²) in [7, 11) is -3.69. The fraction of sp³-hybridized carbons (Fsp3) is 0.312. The van der Waals surface area contributed by atoms with Crippen molar-refractivity contribution < 1.29 is 18.3 Å². The van der Waals surface area contributed by atoms with Gasteiger partial charge in [0.1, 0.15) is 0 Å². The number of benzene rings is 1. The summed E-state index contributed by atoms with van der Waals surface area (Å²) in [4.78, 5) is 11.5. The van der Waals surface area contributed by atoms with E-state index in [0.29, 0.717) is 18.4 Å². The van der Waals surface area contributed by atoms with Crippen LogP contribution in [0.4, 0.5) is 0 Å². The second-order valence-electron chi connectivity index (χ2n) is 5.27. The molecule has 0 saturated carbocycles. The molecule has 22 heavy (non-hydrogen) atoms. The van der Waals surface area contributed by atoms with Gasteiger partial charge in [-0.25, -0.2) is 12.4 Å². The number of aryl methyl sites for hydroxylation is 1. The monoisotopic (exact) mass is 321 g/mol. The zero-order valence-electron chi connectivity index (χ0n) is 12.6. The summed E-state index contributed by atoms with van der Waals surface area (Å²) < 4.78 is 26.1. The molecule has 0 spiro atoms. The average Bonchev–Trinajstić information content (AvgIpc) is 2.95. The van der Waals surface area contributed by atoms with E-state index in [9.17, 15) is 18.3 Å². The van der Waals surface area contributed by atoms with Crippen LogP contribution in [0.25, 0.3) is 0 Å². The van der Waals surface area contributed by atoms with E-state index < -0.39 is 21.9 Å². The van der Waals surface area contributed by atoms with Gasteiger partial charge in [0.25, 0.3) is 10.0 Å². The number of aliphatic carboxylic acids is 1. The number of nitrogens with zero attached hydrogens (tertiary/aromatic N) is 1. The van der Waals surface area contributed by atoms with Crippen LogP contribution in [0.2, 0.25) is 0 Å². The first-order valence-corrected chi connectivity index (χ1v) is 8.53. The molecule has 1 aromatic heterocycles. The number of carboxylic acids is 1. The lowest BCUT2D eigenvalue weighted by molar-refractivity contribution is -0.139. The van der Waals surface area contributed by atoms with Crippen molar-refractivity contribution in [3.63, 3.8) is 0 Å². The summed E-state index contributed by atoms with van der Waals surface area (Å²) in [6, 6.07) is 8.11. The summed E-state index contributed by atoms with van der Waals surface area (Å²) in [5, 5.41) is 9.26. The minimum Gasteiger partial charge on any atom is -0.481 e. The van der Waals surface area contributed by atoms with Gasteiger partial charge in [0, 0.05) is 12.4 Å². The molecule has 0 fully saturated rings. The first-order valence-electron chi connectivity index (χ1n) is 7.09. The molecular weight excluding hydrogens is 302 g/mol. The van der Waals surface area contributed by atoms with Crippen LogP contribution in [-0.4, -0.2) is 23.5 Å². The molecule has 5 nitrogen and oxygen atoms in total. The van der Waals surface area contributed by atoms with E-state index in [1.165, 1.54) is 12.4 Å². The molecule has 1 N–H and O–H groups in total. The minimum atomic E-state index is -3.69. The second kappa shape index (κ2) is 6.36. The van der Waals surface area contributed by atoms with E-state index in [2.05, 4.69) is 0 Å². The van der Waals surface area contributed by atoms with E-state index >= 15 is 0 Å². The van der Waals surface area contributed by atoms with E-state index in [4.69, 9.17) is 0 Å². The Balaban J connectivity index is 2.38. The highest BCUT2D eigenvalue weighted by Crippen LogP contribution is 2.24. The third-order valence-corrected chi connectivity index (χ3v) is 5.21. The summed E-state index contributed by atoms with van der Waals surface area (Å²) in [5.41, 5.74) is 1.48. The van der Waals surface area contributed by atoms with Crippen LogP contribution in [-0.2, 0) is 14.8 Å². The van der Waals surface area contributed by atoms with Gasteiger partial charge in [0.2, 0.25) is 0 Å². The van der Waals surface area contributed by atoms with Crippen molar-refractivity contribution >= 4 is 16.0 Å². The predicted molar refractivity (Wildman–Crippen MR) is 83.5 cm³/mol. The predicted octanol–water partition coefficient (Wildman–Crippen LogP) is 3.00. The number of hydrogen-bond donors (Lipinski definition) is 1. The Morgan fingerprint density at radius 3 is 2.41 bits per heavy atom. The van der Waals surface area contributed by atoms with Gasteiger partial charge < -0.3 is 5.11 Å². The van der Waals surface area contributed by atoms with Crippen molar-refractivity contribution in [2.75, 3.05) is 0 Å². The van der Waals surface area contributed by atoms with Crippen LogP contribution in [0.3, 0.4) is 0 Å². The molecule has 0 saturated heterocycles. The maximum absolute atomic E-state index is 12.5. The van der Waals surface area contributed by atoms with E-state index in [0.717, 1.165) is 9.54 Å². The molecule has 0 bridgehead atoms. The van der Waals surface area contributed by atoms with Crippen LogP contribution < -0.4 is 0 Å². The van der Waals surface area contributed by atoms with Crippen LogP contribution >= 0.6 is 0 Å². The number of hydrogen-bond acceptors (Lipinski definition) is 3. The van der Waals surface area contributed by atoms with Gasteiger partial charge in [-0.15, -0.1) is 0 Å². The van der Waals surface area contributed by atoms with Crippen LogP contribution in [0.1, 0.15) is 36.8 Å². The molecule has 0 aliphatic carbocycles. The molecule has 118 valence electrons. The molecule has 0 aliphatic heterocycles. The Hall–Kier alpha value is -2.08. The molecule has 1 heterocycles. The van der Waals surface area contributed by atoms with Crippen molar-refractivity contribution in [3.05, 3.63) is 53.9 Å². The normalized spacial score (nSPS) is 13.0. The summed E-state index contributed by atoms with van der Waals surface area (Å²) >= 11 is 0. The van der Waals surface area contributed by atoms with Gasteiger partial charge in [0.05, 0.1) is 10.8 Å². The lowest BCUT2D eigenvalue weighted by atomic mass is 9.97. The minimum absolute atomic E-state index is 0.183. The first kappa shape index (κ1) is 16.3. The lowest BCUT2D eigenvalue weighted by Gasteiger charge is -2.09. The molecule has 1 atom stereocenters. The Morgan fingerprint density at radius 2 is 1.86 bits per heavy atom. The third-order valence-electron chi connectivity index (χ3n) is 3.56. The largest absolute Gasteiger partial charge is 0.481 e. The second-order valence-corrected chi connectivity index (χ2v) is 7.12. The van der Waals surface area contributed by atoms with Gasteiger partial charge in [0.15, 0.2) is 0 Å². The number of rotatable bonds is 6. The Morgan fingerprint density at radius 1 is 1.23 bits per heavy atom. The van der Waals surface area contributed by atoms with E-state index in [1.54, 1.807) is 30.3 Å². The first-order chi connectivity index (χ1) is 10.4. The highest BCUT2D eigenvalue weighted by Gasteiger charge is 2.23. The maximum Gasteiger partial charge on any atom is 0.311 e. The van der Waals surface area contributed by atoms with Gasteiger partial charge >= 0.3 is 5.97 Å². The standard InChI is InChI=1S/C16H19NO4S/c1-3-4-15(16(18)19)13-9-10-17(11-13)22(20,21)14-7-5-12(2)6-8-14/h5-11,15H,3-4H2,1-2H3,(H,18,19). The van der Waals surface area contributed by atoms with Crippen molar-refractivity contribution in [2.24, 2.45) is 0 Å². The van der Waals surface area contributed by atoms with Crippen LogP contribution in [0, 0.1) is 6.92 Å². The summed E-state index contributed by atoms with van der Waals surface area (Å²) in [5.74, 6) is -1.62. The van der Waals surface area contributed by atoms with Gasteiger partial charge in [-0.2, -0.15) is 0 Å². The zero-order valence-corrected chi connectivity index (χ0v) is 13.4. The summed E-state index contributed by atoms with van der Waals surface area (Å²) in [6.07, 6.45) is 3.98. The number of aromatic nitrogens is 1. The van der Waals surface area contributed by atoms with Gasteiger partial charge in [-0.3, -0.25) is 4.79 Å². The Bertz CT molecular complexity index is 760. The van der Waals surface area contributed by atoms with Crippen molar-refractivity contribution in [1.29, 1.82) is 0 Å².